The highest BCUT2D eigenvalue weighted by atomic mass is 16.5. The summed E-state index contributed by atoms with van der Waals surface area (Å²) in [6.07, 6.45) is 1.96. The zero-order chi connectivity index (χ0) is 12.7. The van der Waals surface area contributed by atoms with Crippen molar-refractivity contribution >= 4 is 6.09 Å². The van der Waals surface area contributed by atoms with E-state index in [1.807, 2.05) is 0 Å². The summed E-state index contributed by atoms with van der Waals surface area (Å²) in [5.41, 5.74) is 1.76. The summed E-state index contributed by atoms with van der Waals surface area (Å²) in [5, 5.41) is 9.03. The SMILES string of the molecule is COc1nc(C2CC2)nc2c1CCN(C(=O)O)C2. The molecule has 0 saturated heterocycles. The van der Waals surface area contributed by atoms with Gasteiger partial charge in [-0.1, -0.05) is 0 Å². The van der Waals surface area contributed by atoms with E-state index < -0.39 is 6.09 Å². The van der Waals surface area contributed by atoms with Crippen LogP contribution in [0.5, 0.6) is 5.88 Å². The number of carbonyl (C=O) groups is 1. The molecule has 1 fully saturated rings. The van der Waals surface area contributed by atoms with E-state index in [-0.39, 0.29) is 0 Å². The van der Waals surface area contributed by atoms with Crippen LogP contribution in [-0.2, 0) is 13.0 Å². The topological polar surface area (TPSA) is 75.6 Å². The van der Waals surface area contributed by atoms with E-state index in [1.165, 1.54) is 4.90 Å². The molecule has 96 valence electrons. The molecule has 1 aliphatic carbocycles. The molecule has 3 rings (SSSR count). The first-order chi connectivity index (χ1) is 8.69. The van der Waals surface area contributed by atoms with Gasteiger partial charge in [0.15, 0.2) is 0 Å². The van der Waals surface area contributed by atoms with Gasteiger partial charge in [-0.15, -0.1) is 0 Å². The normalized spacial score (nSPS) is 18.4. The van der Waals surface area contributed by atoms with Crippen LogP contribution < -0.4 is 4.74 Å². The van der Waals surface area contributed by atoms with Crippen LogP contribution in [0, 0.1) is 0 Å². The van der Waals surface area contributed by atoms with Gasteiger partial charge < -0.3 is 14.7 Å². The Hall–Kier alpha value is -1.85. The van der Waals surface area contributed by atoms with Gasteiger partial charge in [0.25, 0.3) is 0 Å². The van der Waals surface area contributed by atoms with Gasteiger partial charge in [-0.25, -0.2) is 9.78 Å². The van der Waals surface area contributed by atoms with Crippen LogP contribution in [0.1, 0.15) is 35.8 Å². The van der Waals surface area contributed by atoms with E-state index in [2.05, 4.69) is 9.97 Å². The molecule has 0 atom stereocenters. The van der Waals surface area contributed by atoms with Crippen molar-refractivity contribution in [3.63, 3.8) is 0 Å². The van der Waals surface area contributed by atoms with Crippen LogP contribution in [0.25, 0.3) is 0 Å². The number of rotatable bonds is 2. The van der Waals surface area contributed by atoms with Crippen molar-refractivity contribution in [3.05, 3.63) is 17.1 Å². The van der Waals surface area contributed by atoms with Gasteiger partial charge in [-0.05, 0) is 19.3 Å². The van der Waals surface area contributed by atoms with Gasteiger partial charge >= 0.3 is 6.09 Å². The lowest BCUT2D eigenvalue weighted by Crippen LogP contribution is -2.35. The fourth-order valence-corrected chi connectivity index (χ4v) is 2.27. The summed E-state index contributed by atoms with van der Waals surface area (Å²) < 4.78 is 5.31. The maximum absolute atomic E-state index is 11.0. The molecule has 0 spiro atoms. The lowest BCUT2D eigenvalue weighted by molar-refractivity contribution is 0.138. The smallest absolute Gasteiger partial charge is 0.407 e. The average molecular weight is 249 g/mol. The van der Waals surface area contributed by atoms with Crippen molar-refractivity contribution in [2.75, 3.05) is 13.7 Å². The Morgan fingerprint density at radius 1 is 1.44 bits per heavy atom. The van der Waals surface area contributed by atoms with Gasteiger partial charge in [0.05, 0.1) is 19.3 Å². The highest BCUT2D eigenvalue weighted by Gasteiger charge is 2.31. The first-order valence-electron chi connectivity index (χ1n) is 6.10. The van der Waals surface area contributed by atoms with Gasteiger partial charge in [0.1, 0.15) is 5.82 Å². The van der Waals surface area contributed by atoms with Crippen LogP contribution in [-0.4, -0.2) is 39.7 Å². The van der Waals surface area contributed by atoms with Crippen molar-refractivity contribution in [2.24, 2.45) is 0 Å². The third-order valence-corrected chi connectivity index (χ3v) is 3.45. The third-order valence-electron chi connectivity index (χ3n) is 3.45. The summed E-state index contributed by atoms with van der Waals surface area (Å²) in [6.45, 7) is 0.814. The summed E-state index contributed by atoms with van der Waals surface area (Å²) in [7, 11) is 1.60. The van der Waals surface area contributed by atoms with E-state index >= 15 is 0 Å². The molecule has 1 aliphatic heterocycles. The third kappa shape index (κ3) is 1.87. The fraction of sp³-hybridized carbons (Fsp3) is 0.583. The molecule has 1 saturated carbocycles. The van der Waals surface area contributed by atoms with Crippen LogP contribution in [0.4, 0.5) is 4.79 Å². The molecule has 0 unspecified atom stereocenters. The average Bonchev–Trinajstić information content (AvgIpc) is 3.20. The maximum atomic E-state index is 11.0. The second-order valence-corrected chi connectivity index (χ2v) is 4.74. The molecule has 2 heterocycles. The van der Waals surface area contributed by atoms with E-state index in [4.69, 9.17) is 9.84 Å². The Morgan fingerprint density at radius 3 is 2.83 bits per heavy atom. The number of hydrogen-bond acceptors (Lipinski definition) is 4. The van der Waals surface area contributed by atoms with E-state index in [0.29, 0.717) is 31.3 Å². The molecule has 0 aromatic carbocycles. The largest absolute Gasteiger partial charge is 0.481 e. The van der Waals surface area contributed by atoms with Crippen molar-refractivity contribution in [1.82, 2.24) is 14.9 Å². The molecule has 2 aliphatic rings. The zero-order valence-corrected chi connectivity index (χ0v) is 10.2. The lowest BCUT2D eigenvalue weighted by Gasteiger charge is -2.26. The number of aromatic nitrogens is 2. The van der Waals surface area contributed by atoms with Crippen LogP contribution >= 0.6 is 0 Å². The number of nitrogens with zero attached hydrogens (tertiary/aromatic N) is 3. The van der Waals surface area contributed by atoms with Gasteiger partial charge in [0, 0.05) is 18.0 Å². The molecule has 1 aromatic heterocycles. The number of fused-ring (bicyclic) bond motifs is 1. The predicted molar refractivity (Wildman–Crippen MR) is 62.7 cm³/mol. The van der Waals surface area contributed by atoms with Gasteiger partial charge in [-0.3, -0.25) is 0 Å². The second-order valence-electron chi connectivity index (χ2n) is 4.74. The van der Waals surface area contributed by atoms with Crippen LogP contribution in [0.3, 0.4) is 0 Å². The molecule has 6 heteroatoms. The zero-order valence-electron chi connectivity index (χ0n) is 10.2. The Kier molecular flexibility index (Phi) is 2.57. The molecular formula is C12H15N3O3. The summed E-state index contributed by atoms with van der Waals surface area (Å²) in [6, 6.07) is 0. The molecule has 1 amide bonds. The highest BCUT2D eigenvalue weighted by molar-refractivity contribution is 5.65. The molecule has 18 heavy (non-hydrogen) atoms. The molecule has 0 bridgehead atoms. The van der Waals surface area contributed by atoms with Crippen molar-refractivity contribution < 1.29 is 14.6 Å². The second kappa shape index (κ2) is 4.12. The predicted octanol–water partition coefficient (Wildman–Crippen LogP) is 1.40. The van der Waals surface area contributed by atoms with Crippen molar-refractivity contribution in [3.8, 4) is 5.88 Å². The number of methoxy groups -OCH3 is 1. The van der Waals surface area contributed by atoms with Crippen molar-refractivity contribution in [2.45, 2.75) is 31.7 Å². The van der Waals surface area contributed by atoms with Gasteiger partial charge in [-0.2, -0.15) is 4.98 Å². The first-order valence-corrected chi connectivity index (χ1v) is 6.10. The number of ether oxygens (including phenoxy) is 1. The summed E-state index contributed by atoms with van der Waals surface area (Å²) >= 11 is 0. The molecule has 0 radical (unpaired) electrons. The number of carboxylic acid groups (broad SMARTS) is 1. The minimum absolute atomic E-state index is 0.337. The number of hydrogen-bond donors (Lipinski definition) is 1. The summed E-state index contributed by atoms with van der Waals surface area (Å²) in [5.74, 6) is 1.86. The minimum Gasteiger partial charge on any atom is -0.481 e. The van der Waals surface area contributed by atoms with Crippen LogP contribution in [0.15, 0.2) is 0 Å². The quantitative estimate of drug-likeness (QED) is 0.857. The van der Waals surface area contributed by atoms with E-state index in [1.54, 1.807) is 7.11 Å². The molecule has 1 N–H and O–H groups in total. The molecule has 1 aromatic rings. The Bertz CT molecular complexity index is 500. The van der Waals surface area contributed by atoms with Crippen molar-refractivity contribution in [1.29, 1.82) is 0 Å². The fourth-order valence-electron chi connectivity index (χ4n) is 2.27. The Labute approximate surface area is 105 Å². The Morgan fingerprint density at radius 2 is 2.22 bits per heavy atom. The Balaban J connectivity index is 1.98. The van der Waals surface area contributed by atoms with Crippen LogP contribution in [0.2, 0.25) is 0 Å². The van der Waals surface area contributed by atoms with Gasteiger partial charge in [0.2, 0.25) is 5.88 Å². The number of amides is 1. The first kappa shape index (κ1) is 11.3. The summed E-state index contributed by atoms with van der Waals surface area (Å²) in [4.78, 5) is 21.3. The van der Waals surface area contributed by atoms with E-state index in [0.717, 1.165) is 29.9 Å². The molecular weight excluding hydrogens is 234 g/mol. The highest BCUT2D eigenvalue weighted by Crippen LogP contribution is 2.39. The standard InChI is InChI=1S/C12H15N3O3/c1-18-11-8-4-5-15(12(16)17)6-9(8)13-10(14-11)7-2-3-7/h7H,2-6H2,1H3,(H,16,17). The lowest BCUT2D eigenvalue weighted by atomic mass is 10.1. The maximum Gasteiger partial charge on any atom is 0.407 e. The molecule has 6 nitrogen and oxygen atoms in total. The monoisotopic (exact) mass is 249 g/mol. The van der Waals surface area contributed by atoms with E-state index in [9.17, 15) is 4.79 Å². The minimum atomic E-state index is -0.897.